The first-order valence-corrected chi connectivity index (χ1v) is 36.5. The number of anilines is 3. The van der Waals surface area contributed by atoms with E-state index < -0.39 is 59.8 Å². The molecule has 24 nitrogen and oxygen atoms in total. The number of nitrogens with one attached hydrogen (secondary N) is 6. The largest absolute Gasteiger partial charge is 0.333 e. The number of aryl methyl sites for hydroxylation is 3. The number of hydrogen-bond acceptors (Lipinski definition) is 15. The lowest BCUT2D eigenvalue weighted by Crippen LogP contribution is -2.35. The predicted molar refractivity (Wildman–Crippen MR) is 379 cm³/mol. The highest BCUT2D eigenvalue weighted by Gasteiger charge is 2.31. The Labute approximate surface area is 576 Å². The normalized spacial score (nSPS) is 12.7. The van der Waals surface area contributed by atoms with Crippen LogP contribution in [0.3, 0.4) is 0 Å². The molecule has 3 heterocycles. The molecular weight excluding hydrogens is 1330 g/mol. The van der Waals surface area contributed by atoms with Crippen LogP contribution in [0.15, 0.2) is 100 Å². The van der Waals surface area contributed by atoms with E-state index in [2.05, 4.69) is 36.0 Å². The van der Waals surface area contributed by atoms with Crippen molar-refractivity contribution in [2.24, 2.45) is 21.1 Å². The molecule has 2 unspecified atom stereocenters. The Kier molecular flexibility index (Phi) is 27.7. The number of aromatic nitrogens is 6. The van der Waals surface area contributed by atoms with Crippen LogP contribution in [0.1, 0.15) is 182 Å². The number of carbonyl (C=O) groups is 3. The third-order valence-corrected chi connectivity index (χ3v) is 19.6. The Morgan fingerprint density at radius 3 is 1.13 bits per heavy atom. The number of halogens is 3. The Hall–Kier alpha value is -7.80. The molecular formula is C67H96ClF2N15O9S3. The summed E-state index contributed by atoms with van der Waals surface area (Å²) in [6, 6.07) is 19.6. The maximum Gasteiger partial charge on any atom is 0.333 e. The maximum absolute atomic E-state index is 14.4. The Balaban J connectivity index is 0.000000263. The van der Waals surface area contributed by atoms with Crippen molar-refractivity contribution in [3.63, 3.8) is 0 Å². The first-order valence-electron chi connectivity index (χ1n) is 31.7. The van der Waals surface area contributed by atoms with E-state index >= 15 is 0 Å². The van der Waals surface area contributed by atoms with Crippen LogP contribution >= 0.6 is 11.6 Å². The van der Waals surface area contributed by atoms with Gasteiger partial charge in [-0.3, -0.25) is 14.0 Å². The van der Waals surface area contributed by atoms with Crippen molar-refractivity contribution < 1.29 is 48.4 Å². The molecule has 0 aliphatic rings. The SMILES string of the molecule is CC(C)c1cc(F)cc(-c2ccccc2)c1NC(=O)NS(=O)(=O)c1cc(CN(C)C)n(C)n1.CCC(c1cc(S(=O)(=O)NC(=O)Nc2c(C(C)C)cc(Cl)cc2C(C)C)nn1C)N(C)C.CCC(c1cc(S(=O)(=O)NC(=O)Nc2c(C(C)C)cc(F)cc2C(C)C)nn1C)N(C)C. The second-order valence-electron chi connectivity index (χ2n) is 25.8. The predicted octanol–water partition coefficient (Wildman–Crippen LogP) is 13.1. The summed E-state index contributed by atoms with van der Waals surface area (Å²) in [7, 11) is 3.77. The molecule has 7 rings (SSSR count). The topological polar surface area (TPSA) is 289 Å². The summed E-state index contributed by atoms with van der Waals surface area (Å²) in [4.78, 5) is 44.1. The lowest BCUT2D eigenvalue weighted by atomic mass is 9.92. The van der Waals surface area contributed by atoms with Crippen LogP contribution < -0.4 is 30.1 Å². The number of rotatable bonds is 23. The molecule has 0 saturated heterocycles. The average Bonchev–Trinajstić information content (AvgIpc) is 1.56. The molecule has 4 aromatic carbocycles. The highest BCUT2D eigenvalue weighted by atomic mass is 35.5. The number of benzene rings is 4. The zero-order valence-electron chi connectivity index (χ0n) is 59.3. The minimum Gasteiger partial charge on any atom is -0.307 e. The summed E-state index contributed by atoms with van der Waals surface area (Å²) in [5.74, 6) is -0.973. The van der Waals surface area contributed by atoms with Crippen LogP contribution in [-0.2, 0) is 57.8 Å². The second-order valence-corrected chi connectivity index (χ2v) is 31.2. The van der Waals surface area contributed by atoms with Crippen molar-refractivity contribution in [2.45, 2.75) is 159 Å². The number of urea groups is 3. The van der Waals surface area contributed by atoms with Crippen LogP contribution in [0.5, 0.6) is 0 Å². The van der Waals surface area contributed by atoms with Crippen molar-refractivity contribution in [3.8, 4) is 11.1 Å². The summed E-state index contributed by atoms with van der Waals surface area (Å²) in [5.41, 5.74) is 8.05. The van der Waals surface area contributed by atoms with Gasteiger partial charge in [0.15, 0.2) is 15.1 Å². The number of hydrogen-bond donors (Lipinski definition) is 6. The van der Waals surface area contributed by atoms with E-state index in [0.29, 0.717) is 62.1 Å². The Bertz CT molecular complexity index is 4040. The van der Waals surface area contributed by atoms with Gasteiger partial charge in [-0.05, 0) is 154 Å². The lowest BCUT2D eigenvalue weighted by molar-refractivity contribution is 0.255. The summed E-state index contributed by atoms with van der Waals surface area (Å²) in [5, 5.41) is 20.1. The van der Waals surface area contributed by atoms with Gasteiger partial charge in [-0.25, -0.2) is 37.3 Å². The van der Waals surface area contributed by atoms with Gasteiger partial charge in [0.05, 0.1) is 34.9 Å². The molecule has 6 amide bonds. The molecule has 532 valence electrons. The van der Waals surface area contributed by atoms with Gasteiger partial charge in [-0.2, -0.15) is 40.5 Å². The molecule has 6 N–H and O–H groups in total. The summed E-state index contributed by atoms with van der Waals surface area (Å²) in [6.07, 6.45) is 1.55. The molecule has 2 atom stereocenters. The van der Waals surface area contributed by atoms with E-state index in [4.69, 9.17) is 11.6 Å². The van der Waals surface area contributed by atoms with Crippen LogP contribution in [0.25, 0.3) is 11.1 Å². The minimum atomic E-state index is -4.22. The molecule has 0 saturated carbocycles. The fourth-order valence-electron chi connectivity index (χ4n) is 11.0. The van der Waals surface area contributed by atoms with Crippen LogP contribution in [-0.4, -0.2) is 130 Å². The van der Waals surface area contributed by atoms with E-state index in [-0.39, 0.29) is 56.8 Å². The Morgan fingerprint density at radius 1 is 0.474 bits per heavy atom. The van der Waals surface area contributed by atoms with Crippen LogP contribution in [0.2, 0.25) is 5.02 Å². The van der Waals surface area contributed by atoms with Gasteiger partial charge in [-0.15, -0.1) is 0 Å². The number of sulfonamides is 3. The van der Waals surface area contributed by atoms with Gasteiger partial charge >= 0.3 is 18.1 Å². The van der Waals surface area contributed by atoms with Gasteiger partial charge in [0.1, 0.15) is 11.6 Å². The average molecular weight is 1430 g/mol. The minimum absolute atomic E-state index is 0.00143. The third-order valence-electron chi connectivity index (χ3n) is 15.8. The van der Waals surface area contributed by atoms with Crippen molar-refractivity contribution >= 4 is 76.8 Å². The Morgan fingerprint density at radius 2 is 0.794 bits per heavy atom. The van der Waals surface area contributed by atoms with E-state index in [1.165, 1.54) is 56.5 Å². The van der Waals surface area contributed by atoms with Crippen LogP contribution in [0, 0.1) is 11.6 Å². The van der Waals surface area contributed by atoms with Gasteiger partial charge in [0.2, 0.25) is 0 Å². The zero-order chi connectivity index (χ0) is 73.1. The molecule has 97 heavy (non-hydrogen) atoms. The summed E-state index contributed by atoms with van der Waals surface area (Å²) < 4.78 is 116. The summed E-state index contributed by atoms with van der Waals surface area (Å²) in [6.45, 7) is 23.7. The van der Waals surface area contributed by atoms with Crippen molar-refractivity contribution in [2.75, 3.05) is 58.2 Å². The molecule has 0 bridgehead atoms. The fourth-order valence-corrected chi connectivity index (χ4v) is 13.9. The van der Waals surface area contributed by atoms with Gasteiger partial charge in [0.25, 0.3) is 30.1 Å². The highest BCUT2D eigenvalue weighted by Crippen LogP contribution is 2.39. The molecule has 3 aromatic heterocycles. The molecule has 0 spiro atoms. The monoisotopic (exact) mass is 1420 g/mol. The first-order chi connectivity index (χ1) is 45.0. The maximum atomic E-state index is 14.4. The van der Waals surface area contributed by atoms with Crippen molar-refractivity contribution in [1.82, 2.24) is 58.2 Å². The van der Waals surface area contributed by atoms with Gasteiger partial charge in [-0.1, -0.05) is 125 Å². The number of nitrogens with zero attached hydrogens (tertiary/aromatic N) is 9. The zero-order valence-corrected chi connectivity index (χ0v) is 62.5. The van der Waals surface area contributed by atoms with E-state index in [9.17, 15) is 48.4 Å². The summed E-state index contributed by atoms with van der Waals surface area (Å²) >= 11 is 6.27. The first kappa shape index (κ1) is 79.9. The fraction of sp³-hybridized carbons (Fsp3) is 0.463. The molecule has 0 radical (unpaired) electrons. The standard InChI is InChI=1S/C23H28FN5O3S.C22H34ClN5O3S.C22H34FN5O3S/c1-15(2)19-11-17(24)12-20(16-9-7-6-8-10-16)22(19)25-23(30)27-33(31,32)21-13-18(14-28(3)4)29(5)26-21;2*1-9-18(27(6)7)19-12-20(25-28(19)8)32(30,31)26-22(29)24-21-16(13(2)3)10-15(23)11-17(21)14(4)5/h6-13,15H,14H2,1-5H3,(H2,25,27,30);2*10-14,18H,9H2,1-8H3,(H2,24,26,29). The van der Waals surface area contributed by atoms with Crippen LogP contribution in [0.4, 0.5) is 40.2 Å². The molecule has 0 aliphatic carbocycles. The molecule has 0 aliphatic heterocycles. The molecule has 7 aromatic rings. The number of carbonyl (C=O) groups excluding carboxylic acids is 3. The van der Waals surface area contributed by atoms with E-state index in [1.807, 2.05) is 156 Å². The highest BCUT2D eigenvalue weighted by molar-refractivity contribution is 7.90. The molecule has 30 heteroatoms. The van der Waals surface area contributed by atoms with Crippen molar-refractivity contribution in [1.29, 1.82) is 0 Å². The smallest absolute Gasteiger partial charge is 0.307 e. The molecule has 0 fully saturated rings. The van der Waals surface area contributed by atoms with E-state index in [1.54, 1.807) is 57.5 Å². The second kappa shape index (κ2) is 33.6. The van der Waals surface area contributed by atoms with E-state index in [0.717, 1.165) is 35.4 Å². The van der Waals surface area contributed by atoms with Gasteiger partial charge < -0.3 is 30.7 Å². The number of amides is 6. The van der Waals surface area contributed by atoms with Gasteiger partial charge in [0, 0.05) is 67.8 Å². The third kappa shape index (κ3) is 20.9. The quantitative estimate of drug-likeness (QED) is 0.0347. The lowest BCUT2D eigenvalue weighted by Gasteiger charge is -2.22. The van der Waals surface area contributed by atoms with Crippen molar-refractivity contribution in [3.05, 3.63) is 146 Å².